The second kappa shape index (κ2) is 7.59. The van der Waals surface area contributed by atoms with Crippen LogP contribution in [0, 0.1) is 0 Å². The minimum atomic E-state index is 0.0886. The minimum Gasteiger partial charge on any atom is -0.487 e. The van der Waals surface area contributed by atoms with E-state index in [1.54, 1.807) is 18.2 Å². The van der Waals surface area contributed by atoms with Gasteiger partial charge < -0.3 is 21.0 Å². The summed E-state index contributed by atoms with van der Waals surface area (Å²) in [5, 5.41) is 19.6. The predicted octanol–water partition coefficient (Wildman–Crippen LogP) is 3.40. The van der Waals surface area contributed by atoms with Crippen LogP contribution >= 0.6 is 11.6 Å². The number of nitrogens with zero attached hydrogens (tertiary/aromatic N) is 3. The molecule has 0 amide bonds. The van der Waals surface area contributed by atoms with E-state index in [2.05, 4.69) is 15.6 Å². The van der Waals surface area contributed by atoms with Crippen molar-refractivity contribution in [1.29, 1.82) is 0 Å². The molecule has 0 aliphatic carbocycles. The Hall–Kier alpha value is -3.19. The molecule has 4 N–H and O–H groups in total. The lowest BCUT2D eigenvalue weighted by Gasteiger charge is -2.11. The van der Waals surface area contributed by atoms with E-state index in [0.717, 1.165) is 5.56 Å². The normalized spacial score (nSPS) is 11.3. The quantitative estimate of drug-likeness (QED) is 0.288. The Balaban J connectivity index is 1.69. The lowest BCUT2D eigenvalue weighted by molar-refractivity contribution is 0.306. The number of nitrogens with two attached hydrogens (primary N) is 1. The summed E-state index contributed by atoms with van der Waals surface area (Å²) >= 11 is 6.26. The lowest BCUT2D eigenvalue weighted by Crippen LogP contribution is -2.22. The molecular weight excluding hydrogens is 342 g/mol. The van der Waals surface area contributed by atoms with Crippen LogP contribution in [0.15, 0.2) is 66.1 Å². The Morgan fingerprint density at radius 2 is 2.08 bits per heavy atom. The van der Waals surface area contributed by atoms with Crippen LogP contribution in [-0.2, 0) is 6.61 Å². The van der Waals surface area contributed by atoms with Crippen LogP contribution < -0.4 is 15.8 Å². The molecule has 0 aliphatic heterocycles. The highest BCUT2D eigenvalue weighted by atomic mass is 35.5. The predicted molar refractivity (Wildman–Crippen MR) is 97.1 cm³/mol. The molecule has 0 radical (unpaired) electrons. The zero-order chi connectivity index (χ0) is 17.6. The Labute approximate surface area is 149 Å². The van der Waals surface area contributed by atoms with Gasteiger partial charge in [0.15, 0.2) is 0 Å². The number of hydrogen-bond donors (Lipinski definition) is 3. The number of aromatic nitrogens is 2. The van der Waals surface area contributed by atoms with Gasteiger partial charge in [-0.2, -0.15) is 5.10 Å². The summed E-state index contributed by atoms with van der Waals surface area (Å²) in [4.78, 5) is 0. The molecule has 128 valence electrons. The molecule has 1 aromatic heterocycles. The van der Waals surface area contributed by atoms with Crippen LogP contribution in [0.25, 0.3) is 0 Å². The highest BCUT2D eigenvalue weighted by Crippen LogP contribution is 2.28. The summed E-state index contributed by atoms with van der Waals surface area (Å²) in [6, 6.07) is 15.0. The number of nitrogens with one attached hydrogen (secondary N) is 1. The van der Waals surface area contributed by atoms with Crippen molar-refractivity contribution in [3.8, 4) is 5.75 Å². The van der Waals surface area contributed by atoms with Crippen LogP contribution in [0.2, 0.25) is 5.02 Å². The van der Waals surface area contributed by atoms with Gasteiger partial charge in [0.2, 0.25) is 0 Å². The molecule has 0 aliphatic rings. The summed E-state index contributed by atoms with van der Waals surface area (Å²) in [6.45, 7) is 0.420. The summed E-state index contributed by atoms with van der Waals surface area (Å²) < 4.78 is 7.03. The number of ether oxygens (including phenoxy) is 1. The lowest BCUT2D eigenvalue weighted by atomic mass is 10.2. The first-order valence-corrected chi connectivity index (χ1v) is 7.79. The number of benzene rings is 2. The topological polar surface area (TPSA) is 97.7 Å². The van der Waals surface area contributed by atoms with Crippen molar-refractivity contribution in [3.05, 3.63) is 71.5 Å². The summed E-state index contributed by atoms with van der Waals surface area (Å²) in [6.07, 6.45) is 2.96. The van der Waals surface area contributed by atoms with Gasteiger partial charge >= 0.3 is 0 Å². The first kappa shape index (κ1) is 16.7. The van der Waals surface area contributed by atoms with Crippen LogP contribution in [0.4, 0.5) is 11.4 Å². The first-order valence-electron chi connectivity index (χ1n) is 7.41. The third kappa shape index (κ3) is 4.21. The van der Waals surface area contributed by atoms with Crippen molar-refractivity contribution in [3.63, 3.8) is 0 Å². The Morgan fingerprint density at radius 3 is 2.72 bits per heavy atom. The van der Waals surface area contributed by atoms with Gasteiger partial charge in [-0.15, -0.1) is 0 Å². The third-order valence-electron chi connectivity index (χ3n) is 3.34. The number of nitrogen functional groups attached to an aromatic ring is 1. The second-order valence-corrected chi connectivity index (χ2v) is 5.59. The molecule has 2 aromatic carbocycles. The van der Waals surface area contributed by atoms with Crippen molar-refractivity contribution in [2.45, 2.75) is 6.61 Å². The number of anilines is 2. The number of oxime groups is 1. The Bertz CT molecular complexity index is 880. The minimum absolute atomic E-state index is 0.0886. The van der Waals surface area contributed by atoms with E-state index >= 15 is 0 Å². The zero-order valence-electron chi connectivity index (χ0n) is 13.1. The van der Waals surface area contributed by atoms with Gasteiger partial charge in [0.25, 0.3) is 5.96 Å². The van der Waals surface area contributed by atoms with Gasteiger partial charge in [0.05, 0.1) is 23.1 Å². The van der Waals surface area contributed by atoms with Crippen LogP contribution in [0.3, 0.4) is 0 Å². The molecule has 3 aromatic rings. The van der Waals surface area contributed by atoms with Crippen LogP contribution in [0.1, 0.15) is 5.56 Å². The first-order chi connectivity index (χ1) is 12.2. The van der Waals surface area contributed by atoms with E-state index in [0.29, 0.717) is 28.8 Å². The summed E-state index contributed by atoms with van der Waals surface area (Å²) in [5.74, 6) is 0.646. The summed E-state index contributed by atoms with van der Waals surface area (Å²) in [5.41, 5.74) is 7.71. The SMILES string of the molecule is Nc1cnn(C(=NO)Nc2ccc(OCc3ccccc3)c(Cl)c2)c1. The smallest absolute Gasteiger partial charge is 0.265 e. The molecule has 0 fully saturated rings. The van der Waals surface area contributed by atoms with Crippen molar-refractivity contribution in [2.24, 2.45) is 5.16 Å². The second-order valence-electron chi connectivity index (χ2n) is 5.19. The van der Waals surface area contributed by atoms with E-state index in [1.807, 2.05) is 30.3 Å². The summed E-state index contributed by atoms with van der Waals surface area (Å²) in [7, 11) is 0. The molecule has 1 heterocycles. The van der Waals surface area contributed by atoms with Crippen LogP contribution in [0.5, 0.6) is 5.75 Å². The molecule has 0 saturated heterocycles. The maximum Gasteiger partial charge on any atom is 0.265 e. The number of halogens is 1. The highest BCUT2D eigenvalue weighted by molar-refractivity contribution is 6.32. The highest BCUT2D eigenvalue weighted by Gasteiger charge is 2.08. The Morgan fingerprint density at radius 1 is 1.28 bits per heavy atom. The molecule has 0 bridgehead atoms. The fourth-order valence-electron chi connectivity index (χ4n) is 2.14. The van der Waals surface area contributed by atoms with E-state index in [-0.39, 0.29) is 5.96 Å². The zero-order valence-corrected chi connectivity index (χ0v) is 13.9. The van der Waals surface area contributed by atoms with Gasteiger partial charge in [0, 0.05) is 5.69 Å². The molecule has 0 saturated carbocycles. The van der Waals surface area contributed by atoms with Crippen molar-refractivity contribution >= 4 is 28.9 Å². The van der Waals surface area contributed by atoms with Gasteiger partial charge in [-0.3, -0.25) is 0 Å². The fraction of sp³-hybridized carbons (Fsp3) is 0.0588. The average molecular weight is 358 g/mol. The van der Waals surface area contributed by atoms with Crippen molar-refractivity contribution < 1.29 is 9.94 Å². The molecule has 25 heavy (non-hydrogen) atoms. The van der Waals surface area contributed by atoms with Crippen molar-refractivity contribution in [1.82, 2.24) is 9.78 Å². The van der Waals surface area contributed by atoms with Crippen molar-refractivity contribution in [2.75, 3.05) is 11.1 Å². The molecule has 0 atom stereocenters. The maximum absolute atomic E-state index is 9.15. The number of rotatable bonds is 4. The van der Waals surface area contributed by atoms with Crippen LogP contribution in [-0.4, -0.2) is 20.9 Å². The Kier molecular flexibility index (Phi) is 5.06. The molecule has 0 unspecified atom stereocenters. The maximum atomic E-state index is 9.15. The van der Waals surface area contributed by atoms with Gasteiger partial charge in [-0.25, -0.2) is 4.68 Å². The monoisotopic (exact) mass is 357 g/mol. The van der Waals surface area contributed by atoms with E-state index in [9.17, 15) is 0 Å². The molecule has 8 heteroatoms. The molecule has 7 nitrogen and oxygen atoms in total. The standard InChI is InChI=1S/C17H16ClN5O2/c18-15-8-14(21-17(22-24)23-10-13(19)9-20-23)6-7-16(15)25-11-12-4-2-1-3-5-12/h1-10,24H,11,19H2,(H,21,22). The van der Waals surface area contributed by atoms with Gasteiger partial charge in [0.1, 0.15) is 12.4 Å². The fourth-order valence-corrected chi connectivity index (χ4v) is 2.38. The van der Waals surface area contributed by atoms with Gasteiger partial charge in [-0.1, -0.05) is 41.9 Å². The molecule has 3 rings (SSSR count). The largest absolute Gasteiger partial charge is 0.487 e. The average Bonchev–Trinajstić information content (AvgIpc) is 3.06. The van der Waals surface area contributed by atoms with E-state index in [4.69, 9.17) is 27.3 Å². The van der Waals surface area contributed by atoms with E-state index < -0.39 is 0 Å². The molecular formula is C17H16ClN5O2. The number of hydrogen-bond acceptors (Lipinski definition) is 5. The third-order valence-corrected chi connectivity index (χ3v) is 3.63. The molecule has 0 spiro atoms. The van der Waals surface area contributed by atoms with E-state index in [1.165, 1.54) is 17.1 Å². The van der Waals surface area contributed by atoms with Gasteiger partial charge in [-0.05, 0) is 28.9 Å².